The van der Waals surface area contributed by atoms with Crippen molar-refractivity contribution in [2.45, 2.75) is 18.3 Å². The van der Waals surface area contributed by atoms with Gasteiger partial charge in [0.2, 0.25) is 0 Å². The summed E-state index contributed by atoms with van der Waals surface area (Å²) >= 11 is 0. The van der Waals surface area contributed by atoms with Gasteiger partial charge in [-0.05, 0) is 18.4 Å². The van der Waals surface area contributed by atoms with Crippen molar-refractivity contribution in [2.75, 3.05) is 6.61 Å². The largest absolute Gasteiger partial charge is 0.523 e. The molecule has 17 heavy (non-hydrogen) atoms. The van der Waals surface area contributed by atoms with Crippen LogP contribution >= 0.6 is 0 Å². The van der Waals surface area contributed by atoms with Crippen molar-refractivity contribution in [3.63, 3.8) is 0 Å². The van der Waals surface area contributed by atoms with Crippen molar-refractivity contribution in [2.24, 2.45) is 0 Å². The highest BCUT2D eigenvalue weighted by Crippen LogP contribution is 2.24. The van der Waals surface area contributed by atoms with Gasteiger partial charge in [-0.25, -0.2) is 0 Å². The number of aryl methyl sites for hydroxylation is 1. The fourth-order valence-corrected chi connectivity index (χ4v) is 1.63. The molecule has 0 N–H and O–H groups in total. The summed E-state index contributed by atoms with van der Waals surface area (Å²) < 4.78 is 60.5. The van der Waals surface area contributed by atoms with E-state index in [9.17, 15) is 21.6 Å². The summed E-state index contributed by atoms with van der Waals surface area (Å²) in [6.45, 7) is -0.475. The number of hydrogen-bond donors (Lipinski definition) is 0. The first-order chi connectivity index (χ1) is 7.83. The van der Waals surface area contributed by atoms with Crippen LogP contribution in [0.1, 0.15) is 12.0 Å². The predicted molar refractivity (Wildman–Crippen MR) is 55.7 cm³/mol. The van der Waals surface area contributed by atoms with E-state index < -0.39 is 22.2 Å². The highest BCUT2D eigenvalue weighted by molar-refractivity contribution is 7.87. The zero-order valence-electron chi connectivity index (χ0n) is 8.77. The topological polar surface area (TPSA) is 43.4 Å². The molecular weight excluding hydrogens is 257 g/mol. The molecule has 0 saturated carbocycles. The zero-order valence-corrected chi connectivity index (χ0v) is 9.59. The van der Waals surface area contributed by atoms with Crippen LogP contribution < -0.4 is 0 Å². The maximum atomic E-state index is 11.9. The summed E-state index contributed by atoms with van der Waals surface area (Å²) in [5.41, 5.74) is -4.43. The SMILES string of the molecule is O=S(=O)(OCCCc1ccccc1)C(F)(F)F. The lowest BCUT2D eigenvalue weighted by Crippen LogP contribution is -2.25. The van der Waals surface area contributed by atoms with Crippen LogP contribution in [0, 0.1) is 0 Å². The molecule has 96 valence electrons. The molecule has 1 rings (SSSR count). The predicted octanol–water partition coefficient (Wildman–Crippen LogP) is 2.49. The summed E-state index contributed by atoms with van der Waals surface area (Å²) in [5, 5.41) is 0. The average Bonchev–Trinajstić information content (AvgIpc) is 2.24. The van der Waals surface area contributed by atoms with Crippen LogP contribution in [0.4, 0.5) is 13.2 Å². The molecule has 1 aromatic rings. The molecule has 0 amide bonds. The van der Waals surface area contributed by atoms with E-state index in [0.29, 0.717) is 6.42 Å². The van der Waals surface area contributed by atoms with Gasteiger partial charge in [-0.15, -0.1) is 0 Å². The number of benzene rings is 1. The summed E-state index contributed by atoms with van der Waals surface area (Å²) in [5.74, 6) is 0. The van der Waals surface area contributed by atoms with Crippen LogP contribution in [-0.2, 0) is 20.7 Å². The second-order valence-corrected chi connectivity index (χ2v) is 4.92. The van der Waals surface area contributed by atoms with E-state index in [0.717, 1.165) is 5.56 Å². The first-order valence-electron chi connectivity index (χ1n) is 4.82. The lowest BCUT2D eigenvalue weighted by Gasteiger charge is -2.07. The highest BCUT2D eigenvalue weighted by Gasteiger charge is 2.47. The van der Waals surface area contributed by atoms with Crippen LogP contribution in [0.15, 0.2) is 30.3 Å². The van der Waals surface area contributed by atoms with Crippen molar-refractivity contribution in [1.29, 1.82) is 0 Å². The van der Waals surface area contributed by atoms with Crippen molar-refractivity contribution >= 4 is 10.1 Å². The Morgan fingerprint density at radius 2 is 1.71 bits per heavy atom. The number of hydrogen-bond acceptors (Lipinski definition) is 3. The molecule has 0 aliphatic carbocycles. The third-order valence-corrected chi connectivity index (χ3v) is 3.02. The molecule has 0 aliphatic rings. The van der Waals surface area contributed by atoms with Gasteiger partial charge in [-0.1, -0.05) is 30.3 Å². The molecule has 0 spiro atoms. The fourth-order valence-electron chi connectivity index (χ4n) is 1.16. The number of rotatable bonds is 5. The quantitative estimate of drug-likeness (QED) is 0.468. The molecule has 0 bridgehead atoms. The Bertz CT molecular complexity index is 440. The summed E-state index contributed by atoms with van der Waals surface area (Å²) in [4.78, 5) is 0. The van der Waals surface area contributed by atoms with Crippen molar-refractivity contribution in [1.82, 2.24) is 0 Å². The molecule has 0 aliphatic heterocycles. The first-order valence-corrected chi connectivity index (χ1v) is 6.23. The van der Waals surface area contributed by atoms with Gasteiger partial charge in [0.15, 0.2) is 0 Å². The minimum Gasteiger partial charge on any atom is -0.263 e. The Balaban J connectivity index is 2.35. The highest BCUT2D eigenvalue weighted by atomic mass is 32.2. The molecule has 0 atom stereocenters. The molecule has 7 heteroatoms. The molecule has 3 nitrogen and oxygen atoms in total. The Labute approximate surface area is 97.3 Å². The van der Waals surface area contributed by atoms with Crippen LogP contribution in [0.2, 0.25) is 0 Å². The van der Waals surface area contributed by atoms with E-state index in [4.69, 9.17) is 0 Å². The summed E-state index contributed by atoms with van der Waals surface area (Å²) in [7, 11) is -5.45. The van der Waals surface area contributed by atoms with Gasteiger partial charge >= 0.3 is 15.6 Å². The average molecular weight is 268 g/mol. The molecule has 0 unspecified atom stereocenters. The van der Waals surface area contributed by atoms with Crippen LogP contribution in [0.3, 0.4) is 0 Å². The Kier molecular flexibility index (Phi) is 4.53. The Morgan fingerprint density at radius 1 is 1.12 bits per heavy atom. The Morgan fingerprint density at radius 3 is 2.24 bits per heavy atom. The number of alkyl halides is 3. The van der Waals surface area contributed by atoms with Crippen LogP contribution in [-0.4, -0.2) is 20.5 Å². The van der Waals surface area contributed by atoms with E-state index in [1.165, 1.54) is 0 Å². The van der Waals surface area contributed by atoms with E-state index >= 15 is 0 Å². The normalized spacial score (nSPS) is 12.6. The number of halogens is 3. The first kappa shape index (κ1) is 14.0. The van der Waals surface area contributed by atoms with Gasteiger partial charge in [0, 0.05) is 0 Å². The van der Waals surface area contributed by atoms with Gasteiger partial charge in [-0.3, -0.25) is 4.18 Å². The van der Waals surface area contributed by atoms with Gasteiger partial charge in [0.1, 0.15) is 0 Å². The molecule has 1 aromatic carbocycles. The fraction of sp³-hybridized carbons (Fsp3) is 0.400. The van der Waals surface area contributed by atoms with Crippen molar-refractivity contribution in [3.8, 4) is 0 Å². The second kappa shape index (κ2) is 5.50. The molecule has 0 radical (unpaired) electrons. The van der Waals surface area contributed by atoms with Crippen LogP contribution in [0.25, 0.3) is 0 Å². The second-order valence-electron chi connectivity index (χ2n) is 3.31. The Hall–Kier alpha value is -1.08. The maximum Gasteiger partial charge on any atom is 0.523 e. The third kappa shape index (κ3) is 4.35. The van der Waals surface area contributed by atoms with Gasteiger partial charge in [-0.2, -0.15) is 21.6 Å². The standard InChI is InChI=1S/C10H11F3O3S/c11-10(12,13)17(14,15)16-8-4-7-9-5-2-1-3-6-9/h1-3,5-6H,4,7-8H2. The van der Waals surface area contributed by atoms with E-state index in [2.05, 4.69) is 4.18 Å². The smallest absolute Gasteiger partial charge is 0.263 e. The lowest BCUT2D eigenvalue weighted by molar-refractivity contribution is -0.0542. The van der Waals surface area contributed by atoms with Crippen molar-refractivity contribution in [3.05, 3.63) is 35.9 Å². The molecule has 0 fully saturated rings. The van der Waals surface area contributed by atoms with Gasteiger partial charge in [0.05, 0.1) is 6.61 Å². The summed E-state index contributed by atoms with van der Waals surface area (Å²) in [6, 6.07) is 9.01. The third-order valence-electron chi connectivity index (χ3n) is 1.97. The van der Waals surface area contributed by atoms with Crippen LogP contribution in [0.5, 0.6) is 0 Å². The minimum absolute atomic E-state index is 0.208. The van der Waals surface area contributed by atoms with E-state index in [1.54, 1.807) is 24.3 Å². The molecular formula is C10H11F3O3S. The lowest BCUT2D eigenvalue weighted by atomic mass is 10.1. The molecule has 0 saturated heterocycles. The maximum absolute atomic E-state index is 11.9. The van der Waals surface area contributed by atoms with Crippen molar-refractivity contribution < 1.29 is 25.8 Å². The molecule has 0 aromatic heterocycles. The minimum atomic E-state index is -5.45. The molecule has 0 heterocycles. The van der Waals surface area contributed by atoms with E-state index in [-0.39, 0.29) is 6.42 Å². The van der Waals surface area contributed by atoms with Gasteiger partial charge < -0.3 is 0 Å². The van der Waals surface area contributed by atoms with Gasteiger partial charge in [0.25, 0.3) is 0 Å². The van der Waals surface area contributed by atoms with E-state index in [1.807, 2.05) is 6.07 Å². The zero-order chi connectivity index (χ0) is 12.9. The monoisotopic (exact) mass is 268 g/mol. The summed E-state index contributed by atoms with van der Waals surface area (Å²) in [6.07, 6.45) is 0.674.